The van der Waals surface area contributed by atoms with Gasteiger partial charge in [0.2, 0.25) is 0 Å². The van der Waals surface area contributed by atoms with Crippen molar-refractivity contribution in [1.29, 1.82) is 0 Å². The molecule has 1 aromatic carbocycles. The van der Waals surface area contributed by atoms with Gasteiger partial charge < -0.3 is 5.32 Å². The average molecular weight is 252 g/mol. The highest BCUT2D eigenvalue weighted by atomic mass is 35.5. The normalized spacial score (nSPS) is 10.4. The Morgan fingerprint density at radius 3 is 2.71 bits per heavy atom. The third kappa shape index (κ3) is 2.36. The molecule has 1 N–H and O–H groups in total. The molecule has 88 valence electrons. The van der Waals surface area contributed by atoms with E-state index in [2.05, 4.69) is 15.3 Å². The molecule has 0 aliphatic rings. The van der Waals surface area contributed by atoms with Crippen LogP contribution in [-0.2, 0) is 0 Å². The zero-order chi connectivity index (χ0) is 12.4. The predicted octanol–water partition coefficient (Wildman–Crippen LogP) is 3.63. The minimum Gasteiger partial charge on any atom is -0.340 e. The number of benzene rings is 1. The molecule has 0 saturated heterocycles. The van der Waals surface area contributed by atoms with Crippen molar-refractivity contribution in [2.24, 2.45) is 0 Å². The van der Waals surface area contributed by atoms with Gasteiger partial charge in [-0.3, -0.25) is 0 Å². The molecule has 0 fully saturated rings. The standard InChI is InChI=1S/C12H11ClFN3/c1-7-9(14)4-3-5-10(7)17-12-8(2)11(13)15-6-16-12/h3-6H,1-2H3,(H,15,16,17). The number of nitrogens with zero attached hydrogens (tertiary/aromatic N) is 2. The van der Waals surface area contributed by atoms with Crippen LogP contribution < -0.4 is 5.32 Å². The zero-order valence-corrected chi connectivity index (χ0v) is 10.2. The third-order valence-corrected chi connectivity index (χ3v) is 2.92. The van der Waals surface area contributed by atoms with Gasteiger partial charge in [0.05, 0.1) is 0 Å². The summed E-state index contributed by atoms with van der Waals surface area (Å²) in [5.41, 5.74) is 1.95. The lowest BCUT2D eigenvalue weighted by molar-refractivity contribution is 0.619. The highest BCUT2D eigenvalue weighted by Crippen LogP contribution is 2.25. The van der Waals surface area contributed by atoms with Crippen LogP contribution in [-0.4, -0.2) is 9.97 Å². The van der Waals surface area contributed by atoms with Gasteiger partial charge in [-0.1, -0.05) is 17.7 Å². The molecular formula is C12H11ClFN3. The molecule has 0 saturated carbocycles. The van der Waals surface area contributed by atoms with Crippen LogP contribution in [0.25, 0.3) is 0 Å². The Morgan fingerprint density at radius 1 is 1.18 bits per heavy atom. The Bertz CT molecular complexity index is 508. The SMILES string of the molecule is Cc1c(F)cccc1Nc1ncnc(Cl)c1C. The molecular weight excluding hydrogens is 241 g/mol. The highest BCUT2D eigenvalue weighted by molar-refractivity contribution is 6.30. The van der Waals surface area contributed by atoms with Crippen molar-refractivity contribution in [3.05, 3.63) is 46.6 Å². The van der Waals surface area contributed by atoms with Gasteiger partial charge in [-0.2, -0.15) is 0 Å². The van der Waals surface area contributed by atoms with Crippen molar-refractivity contribution in [3.8, 4) is 0 Å². The Labute approximate surface area is 104 Å². The fourth-order valence-electron chi connectivity index (χ4n) is 1.43. The molecule has 1 heterocycles. The Morgan fingerprint density at radius 2 is 1.94 bits per heavy atom. The first-order valence-electron chi connectivity index (χ1n) is 5.09. The van der Waals surface area contributed by atoms with E-state index >= 15 is 0 Å². The fraction of sp³-hybridized carbons (Fsp3) is 0.167. The van der Waals surface area contributed by atoms with E-state index < -0.39 is 0 Å². The maximum Gasteiger partial charge on any atom is 0.138 e. The molecule has 0 aliphatic carbocycles. The Kier molecular flexibility index (Phi) is 3.24. The average Bonchev–Trinajstić information content (AvgIpc) is 2.31. The predicted molar refractivity (Wildman–Crippen MR) is 66.2 cm³/mol. The summed E-state index contributed by atoms with van der Waals surface area (Å²) in [5, 5.41) is 3.43. The summed E-state index contributed by atoms with van der Waals surface area (Å²) < 4.78 is 13.4. The molecule has 0 spiro atoms. The molecule has 5 heteroatoms. The van der Waals surface area contributed by atoms with E-state index in [0.717, 1.165) is 5.56 Å². The maximum atomic E-state index is 13.4. The summed E-state index contributed by atoms with van der Waals surface area (Å²) in [4.78, 5) is 7.94. The second-order valence-electron chi connectivity index (χ2n) is 3.68. The lowest BCUT2D eigenvalue weighted by Gasteiger charge is -2.11. The second kappa shape index (κ2) is 4.67. The van der Waals surface area contributed by atoms with E-state index in [1.807, 2.05) is 0 Å². The number of aromatic nitrogens is 2. The van der Waals surface area contributed by atoms with Crippen LogP contribution in [0.4, 0.5) is 15.9 Å². The summed E-state index contributed by atoms with van der Waals surface area (Å²) in [6.07, 6.45) is 1.37. The molecule has 0 aliphatic heterocycles. The summed E-state index contributed by atoms with van der Waals surface area (Å²) in [7, 11) is 0. The number of anilines is 2. The van der Waals surface area contributed by atoms with E-state index in [0.29, 0.717) is 22.2 Å². The number of hydrogen-bond acceptors (Lipinski definition) is 3. The Hall–Kier alpha value is -1.68. The summed E-state index contributed by atoms with van der Waals surface area (Å²) in [6, 6.07) is 4.84. The molecule has 0 atom stereocenters. The minimum absolute atomic E-state index is 0.257. The number of halogens is 2. The molecule has 0 bridgehead atoms. The van der Waals surface area contributed by atoms with Gasteiger partial charge in [-0.25, -0.2) is 14.4 Å². The van der Waals surface area contributed by atoms with Crippen molar-refractivity contribution in [3.63, 3.8) is 0 Å². The first kappa shape index (κ1) is 11.8. The molecule has 0 unspecified atom stereocenters. The van der Waals surface area contributed by atoms with Gasteiger partial charge in [-0.15, -0.1) is 0 Å². The summed E-state index contributed by atoms with van der Waals surface area (Å²) in [5.74, 6) is 0.325. The van der Waals surface area contributed by atoms with Crippen LogP contribution in [0.2, 0.25) is 5.15 Å². The van der Waals surface area contributed by atoms with Crippen molar-refractivity contribution in [2.75, 3.05) is 5.32 Å². The van der Waals surface area contributed by atoms with E-state index in [1.54, 1.807) is 26.0 Å². The van der Waals surface area contributed by atoms with Crippen molar-refractivity contribution >= 4 is 23.1 Å². The highest BCUT2D eigenvalue weighted by Gasteiger charge is 2.08. The monoisotopic (exact) mass is 251 g/mol. The van der Waals surface area contributed by atoms with Crippen molar-refractivity contribution in [2.45, 2.75) is 13.8 Å². The number of rotatable bonds is 2. The van der Waals surface area contributed by atoms with Crippen LogP contribution in [0.3, 0.4) is 0 Å². The molecule has 3 nitrogen and oxygen atoms in total. The van der Waals surface area contributed by atoms with E-state index in [9.17, 15) is 4.39 Å². The summed E-state index contributed by atoms with van der Waals surface area (Å²) >= 11 is 5.89. The van der Waals surface area contributed by atoms with Gasteiger partial charge in [0.1, 0.15) is 23.1 Å². The van der Waals surface area contributed by atoms with Crippen LogP contribution in [0.1, 0.15) is 11.1 Å². The largest absolute Gasteiger partial charge is 0.340 e. The van der Waals surface area contributed by atoms with Gasteiger partial charge in [0.25, 0.3) is 0 Å². The second-order valence-corrected chi connectivity index (χ2v) is 4.03. The first-order valence-corrected chi connectivity index (χ1v) is 5.46. The minimum atomic E-state index is -0.257. The van der Waals surface area contributed by atoms with Gasteiger partial charge in [0, 0.05) is 16.8 Å². The number of nitrogens with one attached hydrogen (secondary N) is 1. The molecule has 17 heavy (non-hydrogen) atoms. The molecule has 0 radical (unpaired) electrons. The van der Waals surface area contributed by atoms with Crippen LogP contribution in [0.15, 0.2) is 24.5 Å². The van der Waals surface area contributed by atoms with Crippen LogP contribution in [0, 0.1) is 19.7 Å². The lowest BCUT2D eigenvalue weighted by Crippen LogP contribution is -2.00. The molecule has 1 aromatic heterocycles. The topological polar surface area (TPSA) is 37.8 Å². The molecule has 2 rings (SSSR count). The summed E-state index contributed by atoms with van der Waals surface area (Å²) in [6.45, 7) is 3.51. The quantitative estimate of drug-likeness (QED) is 0.829. The van der Waals surface area contributed by atoms with Gasteiger partial charge in [-0.05, 0) is 26.0 Å². The molecule has 2 aromatic rings. The lowest BCUT2D eigenvalue weighted by atomic mass is 10.2. The maximum absolute atomic E-state index is 13.4. The van der Waals surface area contributed by atoms with E-state index in [-0.39, 0.29) is 5.82 Å². The van der Waals surface area contributed by atoms with Gasteiger partial charge in [0.15, 0.2) is 0 Å². The smallest absolute Gasteiger partial charge is 0.138 e. The van der Waals surface area contributed by atoms with Crippen molar-refractivity contribution < 1.29 is 4.39 Å². The van der Waals surface area contributed by atoms with Crippen LogP contribution in [0.5, 0.6) is 0 Å². The zero-order valence-electron chi connectivity index (χ0n) is 9.46. The third-order valence-electron chi connectivity index (χ3n) is 2.54. The Balaban J connectivity index is 2.38. The molecule has 0 amide bonds. The first-order chi connectivity index (χ1) is 8.09. The number of hydrogen-bond donors (Lipinski definition) is 1. The fourth-order valence-corrected chi connectivity index (χ4v) is 1.56. The van der Waals surface area contributed by atoms with Crippen LogP contribution >= 0.6 is 11.6 Å². The van der Waals surface area contributed by atoms with E-state index in [4.69, 9.17) is 11.6 Å². The van der Waals surface area contributed by atoms with E-state index in [1.165, 1.54) is 12.4 Å². The van der Waals surface area contributed by atoms with Crippen molar-refractivity contribution in [1.82, 2.24) is 9.97 Å². The van der Waals surface area contributed by atoms with Gasteiger partial charge >= 0.3 is 0 Å².